The maximum Gasteiger partial charge on any atom is 0.242 e. The number of carbonyl (C=O) groups excluding carboxylic acids is 2. The van der Waals surface area contributed by atoms with Gasteiger partial charge < -0.3 is 15.0 Å². The fraction of sp³-hybridized carbons (Fsp3) is 0.706. The first-order valence-corrected chi connectivity index (χ1v) is 8.88. The molecule has 2 atom stereocenters. The van der Waals surface area contributed by atoms with Crippen LogP contribution in [0.4, 0.5) is 0 Å². The minimum absolute atomic E-state index is 0.0140. The lowest BCUT2D eigenvalue weighted by molar-refractivity contribution is -0.133. The first kappa shape index (κ1) is 17.9. The SMILES string of the molecule is CC(=O)NCC(=O)N1CC[C@H](N2CCOCC2)[C@H]1Cc1cnn(C)c1. The zero-order valence-electron chi connectivity index (χ0n) is 15.0. The predicted molar refractivity (Wildman–Crippen MR) is 91.9 cm³/mol. The van der Waals surface area contributed by atoms with Crippen LogP contribution < -0.4 is 5.32 Å². The number of ether oxygens (including phenoxy) is 1. The van der Waals surface area contributed by atoms with E-state index in [1.165, 1.54) is 6.92 Å². The van der Waals surface area contributed by atoms with Gasteiger partial charge in [0.25, 0.3) is 0 Å². The molecule has 0 aliphatic carbocycles. The molecule has 2 aliphatic heterocycles. The number of hydrogen-bond donors (Lipinski definition) is 1. The second-order valence-electron chi connectivity index (χ2n) is 6.79. The molecular weight excluding hydrogens is 322 g/mol. The van der Waals surface area contributed by atoms with Crippen LogP contribution in [0.3, 0.4) is 0 Å². The summed E-state index contributed by atoms with van der Waals surface area (Å²) in [4.78, 5) is 28.1. The first-order valence-electron chi connectivity index (χ1n) is 8.88. The minimum atomic E-state index is -0.180. The Morgan fingerprint density at radius 3 is 2.72 bits per heavy atom. The molecule has 0 radical (unpaired) electrons. The lowest BCUT2D eigenvalue weighted by atomic mass is 10.00. The molecule has 8 heteroatoms. The van der Waals surface area contributed by atoms with E-state index < -0.39 is 0 Å². The predicted octanol–water partition coefficient (Wildman–Crippen LogP) is -0.600. The Morgan fingerprint density at radius 1 is 1.32 bits per heavy atom. The number of aromatic nitrogens is 2. The number of rotatable bonds is 5. The number of amides is 2. The molecule has 1 aromatic rings. The molecular formula is C17H27N5O3. The molecule has 1 N–H and O–H groups in total. The van der Waals surface area contributed by atoms with Crippen LogP contribution in [0, 0.1) is 0 Å². The largest absolute Gasteiger partial charge is 0.379 e. The first-order chi connectivity index (χ1) is 12.0. The Kier molecular flexibility index (Phi) is 5.70. The number of likely N-dealkylation sites (tertiary alicyclic amines) is 1. The van der Waals surface area contributed by atoms with Crippen molar-refractivity contribution >= 4 is 11.8 Å². The summed E-state index contributed by atoms with van der Waals surface area (Å²) in [5.74, 6) is -0.194. The average Bonchev–Trinajstić information content (AvgIpc) is 3.20. The van der Waals surface area contributed by atoms with Gasteiger partial charge in [-0.1, -0.05) is 0 Å². The van der Waals surface area contributed by atoms with Crippen LogP contribution in [-0.4, -0.2) is 82.9 Å². The van der Waals surface area contributed by atoms with E-state index in [1.54, 1.807) is 4.68 Å². The summed E-state index contributed by atoms with van der Waals surface area (Å²) < 4.78 is 7.26. The van der Waals surface area contributed by atoms with E-state index in [1.807, 2.05) is 24.3 Å². The molecule has 2 amide bonds. The van der Waals surface area contributed by atoms with Crippen LogP contribution in [0.1, 0.15) is 18.9 Å². The Hall–Kier alpha value is -1.93. The molecule has 2 fully saturated rings. The van der Waals surface area contributed by atoms with Crippen molar-refractivity contribution in [2.45, 2.75) is 31.8 Å². The van der Waals surface area contributed by atoms with Crippen molar-refractivity contribution in [2.75, 3.05) is 39.4 Å². The summed E-state index contributed by atoms with van der Waals surface area (Å²) >= 11 is 0. The lowest BCUT2D eigenvalue weighted by Gasteiger charge is -2.37. The zero-order chi connectivity index (χ0) is 17.8. The molecule has 0 spiro atoms. The smallest absolute Gasteiger partial charge is 0.242 e. The van der Waals surface area contributed by atoms with Gasteiger partial charge >= 0.3 is 0 Å². The minimum Gasteiger partial charge on any atom is -0.379 e. The van der Waals surface area contributed by atoms with E-state index in [9.17, 15) is 9.59 Å². The third-order valence-electron chi connectivity index (χ3n) is 5.04. The molecule has 3 heterocycles. The van der Waals surface area contributed by atoms with E-state index in [2.05, 4.69) is 15.3 Å². The Morgan fingerprint density at radius 2 is 2.08 bits per heavy atom. The summed E-state index contributed by atoms with van der Waals surface area (Å²) in [6.45, 7) is 5.52. The summed E-state index contributed by atoms with van der Waals surface area (Å²) in [6.07, 6.45) is 5.61. The second kappa shape index (κ2) is 7.97. The molecule has 2 saturated heterocycles. The highest BCUT2D eigenvalue weighted by molar-refractivity contribution is 5.84. The molecule has 8 nitrogen and oxygen atoms in total. The monoisotopic (exact) mass is 349 g/mol. The number of nitrogens with one attached hydrogen (secondary N) is 1. The van der Waals surface area contributed by atoms with Gasteiger partial charge in [-0.05, 0) is 18.4 Å². The van der Waals surface area contributed by atoms with Crippen LogP contribution in [0.25, 0.3) is 0 Å². The van der Waals surface area contributed by atoms with Crippen molar-refractivity contribution in [1.29, 1.82) is 0 Å². The van der Waals surface area contributed by atoms with E-state index >= 15 is 0 Å². The Bertz CT molecular complexity index is 611. The molecule has 138 valence electrons. The highest BCUT2D eigenvalue weighted by atomic mass is 16.5. The van der Waals surface area contributed by atoms with Crippen LogP contribution in [0.5, 0.6) is 0 Å². The van der Waals surface area contributed by atoms with E-state index in [0.29, 0.717) is 6.04 Å². The lowest BCUT2D eigenvalue weighted by Crippen LogP contribution is -2.52. The van der Waals surface area contributed by atoms with E-state index in [4.69, 9.17) is 4.74 Å². The summed E-state index contributed by atoms with van der Waals surface area (Å²) in [5.41, 5.74) is 1.13. The van der Waals surface area contributed by atoms with Gasteiger partial charge in [-0.2, -0.15) is 5.10 Å². The summed E-state index contributed by atoms with van der Waals surface area (Å²) in [5, 5.41) is 6.87. The van der Waals surface area contributed by atoms with Gasteiger partial charge in [0.15, 0.2) is 0 Å². The molecule has 0 aromatic carbocycles. The highest BCUT2D eigenvalue weighted by Crippen LogP contribution is 2.27. The van der Waals surface area contributed by atoms with Gasteiger partial charge in [0.05, 0.1) is 32.0 Å². The Balaban J connectivity index is 1.73. The number of carbonyl (C=O) groups is 2. The standard InChI is InChI=1S/C17H27N5O3/c1-13(23)18-11-17(24)22-4-3-15(21-5-7-25-8-6-21)16(22)9-14-10-19-20(2)12-14/h10,12,15-16H,3-9,11H2,1-2H3,(H,18,23)/t15-,16+/m0/s1. The van der Waals surface area contributed by atoms with Crippen LogP contribution >= 0.6 is 0 Å². The second-order valence-corrected chi connectivity index (χ2v) is 6.79. The molecule has 1 aromatic heterocycles. The fourth-order valence-corrected chi connectivity index (χ4v) is 3.85. The van der Waals surface area contributed by atoms with Crippen molar-refractivity contribution < 1.29 is 14.3 Å². The third kappa shape index (κ3) is 4.38. The molecule has 25 heavy (non-hydrogen) atoms. The van der Waals surface area contributed by atoms with Crippen molar-refractivity contribution in [1.82, 2.24) is 24.9 Å². The third-order valence-corrected chi connectivity index (χ3v) is 5.04. The highest BCUT2D eigenvalue weighted by Gasteiger charge is 2.40. The Labute approximate surface area is 148 Å². The average molecular weight is 349 g/mol. The van der Waals surface area contributed by atoms with Crippen molar-refractivity contribution in [3.05, 3.63) is 18.0 Å². The number of aryl methyl sites for hydroxylation is 1. The number of morpholine rings is 1. The molecule has 0 bridgehead atoms. The molecule has 3 rings (SSSR count). The van der Waals surface area contributed by atoms with Gasteiger partial charge in [0.2, 0.25) is 11.8 Å². The number of hydrogen-bond acceptors (Lipinski definition) is 5. The van der Waals surface area contributed by atoms with Gasteiger partial charge in [0, 0.05) is 45.8 Å². The topological polar surface area (TPSA) is 79.7 Å². The van der Waals surface area contributed by atoms with Crippen molar-refractivity contribution in [3.63, 3.8) is 0 Å². The number of nitrogens with zero attached hydrogens (tertiary/aromatic N) is 4. The normalized spacial score (nSPS) is 24.5. The molecule has 0 unspecified atom stereocenters. The van der Waals surface area contributed by atoms with E-state index in [0.717, 1.165) is 51.3 Å². The van der Waals surface area contributed by atoms with Crippen LogP contribution in [0.2, 0.25) is 0 Å². The maximum absolute atomic E-state index is 12.6. The van der Waals surface area contributed by atoms with Crippen molar-refractivity contribution in [2.24, 2.45) is 7.05 Å². The fourth-order valence-electron chi connectivity index (χ4n) is 3.85. The molecule has 2 aliphatic rings. The van der Waals surface area contributed by atoms with Crippen LogP contribution in [0.15, 0.2) is 12.4 Å². The van der Waals surface area contributed by atoms with Gasteiger partial charge in [-0.15, -0.1) is 0 Å². The van der Waals surface area contributed by atoms with Gasteiger partial charge in [0.1, 0.15) is 0 Å². The maximum atomic E-state index is 12.6. The molecule has 0 saturated carbocycles. The van der Waals surface area contributed by atoms with Crippen molar-refractivity contribution in [3.8, 4) is 0 Å². The zero-order valence-corrected chi connectivity index (χ0v) is 15.0. The quantitative estimate of drug-likeness (QED) is 0.768. The van der Waals surface area contributed by atoms with E-state index in [-0.39, 0.29) is 24.4 Å². The van der Waals surface area contributed by atoms with Gasteiger partial charge in [-0.3, -0.25) is 19.2 Å². The summed E-state index contributed by atoms with van der Waals surface area (Å²) in [6, 6.07) is 0.425. The van der Waals surface area contributed by atoms with Gasteiger partial charge in [-0.25, -0.2) is 0 Å². The van der Waals surface area contributed by atoms with Crippen LogP contribution in [-0.2, 0) is 27.8 Å². The summed E-state index contributed by atoms with van der Waals surface area (Å²) in [7, 11) is 1.90.